The number of benzene rings is 2. The summed E-state index contributed by atoms with van der Waals surface area (Å²) in [6, 6.07) is 10.8. The van der Waals surface area contributed by atoms with Crippen LogP contribution in [0.15, 0.2) is 42.5 Å². The van der Waals surface area contributed by atoms with Crippen molar-refractivity contribution in [1.29, 1.82) is 0 Å². The van der Waals surface area contributed by atoms with Crippen molar-refractivity contribution in [2.24, 2.45) is 0 Å². The Morgan fingerprint density at radius 2 is 1.59 bits per heavy atom. The first-order valence-electron chi connectivity index (χ1n) is 10.4. The lowest BCUT2D eigenvalue weighted by molar-refractivity contribution is -0.140. The van der Waals surface area contributed by atoms with Crippen molar-refractivity contribution in [2.75, 3.05) is 17.1 Å². The number of nitrogens with one attached hydrogen (secondary N) is 1. The molecule has 2 rings (SSSR count). The fraction of sp³-hybridized carbons (Fsp3) is 0.391. The van der Waals surface area contributed by atoms with Gasteiger partial charge in [0.25, 0.3) is 0 Å². The van der Waals surface area contributed by atoms with Gasteiger partial charge in [0, 0.05) is 31.3 Å². The van der Waals surface area contributed by atoms with Crippen molar-refractivity contribution >= 4 is 73.3 Å². The van der Waals surface area contributed by atoms with E-state index in [9.17, 15) is 18.0 Å². The van der Waals surface area contributed by atoms with Crippen LogP contribution in [0.2, 0.25) is 10.0 Å². The highest BCUT2D eigenvalue weighted by atomic mass is 127. The molecule has 0 aliphatic heterocycles. The molecule has 7 nitrogen and oxygen atoms in total. The number of anilines is 1. The third kappa shape index (κ3) is 8.00. The first kappa shape index (κ1) is 28.7. The van der Waals surface area contributed by atoms with Crippen molar-refractivity contribution in [3.8, 4) is 0 Å². The van der Waals surface area contributed by atoms with Gasteiger partial charge in [-0.3, -0.25) is 13.9 Å². The Bertz CT molecular complexity index is 1130. The van der Waals surface area contributed by atoms with Crippen LogP contribution < -0.4 is 9.62 Å². The third-order valence-electron chi connectivity index (χ3n) is 4.85. The van der Waals surface area contributed by atoms with E-state index in [1.807, 2.05) is 20.8 Å². The summed E-state index contributed by atoms with van der Waals surface area (Å²) in [4.78, 5) is 27.8. The van der Waals surface area contributed by atoms with E-state index in [-0.39, 0.29) is 12.5 Å². The van der Waals surface area contributed by atoms with Gasteiger partial charge in [-0.1, -0.05) is 29.3 Å². The molecular formula is C23H28Cl2IN3O4S. The number of carbonyl (C=O) groups excluding carboxylic acids is 2. The Kier molecular flexibility index (Phi) is 9.66. The van der Waals surface area contributed by atoms with Gasteiger partial charge in [-0.25, -0.2) is 8.42 Å². The minimum atomic E-state index is -3.79. The summed E-state index contributed by atoms with van der Waals surface area (Å²) in [5.74, 6) is -0.958. The van der Waals surface area contributed by atoms with E-state index in [0.717, 1.165) is 14.1 Å². The summed E-state index contributed by atoms with van der Waals surface area (Å²) in [6.07, 6.45) is 1.03. The highest BCUT2D eigenvalue weighted by Crippen LogP contribution is 2.27. The molecule has 0 heterocycles. The van der Waals surface area contributed by atoms with Gasteiger partial charge >= 0.3 is 0 Å². The molecule has 2 amide bonds. The molecule has 0 aliphatic rings. The molecule has 0 aromatic heterocycles. The third-order valence-corrected chi connectivity index (χ3v) is 7.42. The first-order valence-corrected chi connectivity index (χ1v) is 14.1. The second kappa shape index (κ2) is 11.5. The van der Waals surface area contributed by atoms with Crippen molar-refractivity contribution in [3.63, 3.8) is 0 Å². The average molecular weight is 640 g/mol. The van der Waals surface area contributed by atoms with Crippen LogP contribution in [0, 0.1) is 3.57 Å². The van der Waals surface area contributed by atoms with Crippen LogP contribution in [0.3, 0.4) is 0 Å². The van der Waals surface area contributed by atoms with E-state index in [1.165, 1.54) is 4.90 Å². The average Bonchev–Trinajstić information content (AvgIpc) is 2.70. The summed E-state index contributed by atoms with van der Waals surface area (Å²) < 4.78 is 27.1. The van der Waals surface area contributed by atoms with E-state index in [4.69, 9.17) is 23.2 Å². The van der Waals surface area contributed by atoms with Crippen LogP contribution in [0.5, 0.6) is 0 Å². The lowest BCUT2D eigenvalue weighted by Gasteiger charge is -2.33. The predicted molar refractivity (Wildman–Crippen MR) is 146 cm³/mol. The maximum absolute atomic E-state index is 13.5. The summed E-state index contributed by atoms with van der Waals surface area (Å²) >= 11 is 14.8. The highest BCUT2D eigenvalue weighted by molar-refractivity contribution is 14.1. The van der Waals surface area contributed by atoms with Crippen molar-refractivity contribution < 1.29 is 18.0 Å². The van der Waals surface area contributed by atoms with E-state index in [2.05, 4.69) is 27.9 Å². The molecule has 0 saturated heterocycles. The normalized spacial score (nSPS) is 12.7. The first-order chi connectivity index (χ1) is 15.6. The molecule has 2 aromatic carbocycles. The number of amides is 2. The zero-order valence-electron chi connectivity index (χ0n) is 19.6. The molecule has 34 heavy (non-hydrogen) atoms. The van der Waals surface area contributed by atoms with Gasteiger partial charge in [0.05, 0.1) is 11.9 Å². The van der Waals surface area contributed by atoms with E-state index >= 15 is 0 Å². The van der Waals surface area contributed by atoms with Gasteiger partial charge in [-0.05, 0) is 86.7 Å². The van der Waals surface area contributed by atoms with Crippen LogP contribution in [-0.4, -0.2) is 49.5 Å². The van der Waals surface area contributed by atoms with Crippen molar-refractivity contribution in [1.82, 2.24) is 10.2 Å². The number of nitrogens with zero attached hydrogens (tertiary/aromatic N) is 2. The maximum atomic E-state index is 13.5. The number of halogens is 3. The van der Waals surface area contributed by atoms with Crippen LogP contribution in [0.25, 0.3) is 0 Å². The van der Waals surface area contributed by atoms with E-state index < -0.39 is 34.1 Å². The minimum absolute atomic E-state index is 0.0691. The smallest absolute Gasteiger partial charge is 0.244 e. The molecule has 0 bridgehead atoms. The molecule has 2 aromatic rings. The lowest BCUT2D eigenvalue weighted by Crippen LogP contribution is -2.54. The fourth-order valence-corrected chi connectivity index (χ4v) is 4.86. The number of rotatable bonds is 8. The standard InChI is InChI=1S/C23H28Cl2IN3O4S/c1-15(22(31)27-23(2,3)4)28(13-18-19(24)7-6-8-20(18)25)21(30)14-29(34(5,32)33)17-11-9-16(26)10-12-17/h6-12,15H,13-14H2,1-5H3,(H,27,31). The summed E-state index contributed by atoms with van der Waals surface area (Å²) in [6.45, 7) is 6.51. The van der Waals surface area contributed by atoms with Gasteiger partial charge < -0.3 is 10.2 Å². The Morgan fingerprint density at radius 1 is 1.06 bits per heavy atom. The zero-order chi connectivity index (χ0) is 25.8. The quantitative estimate of drug-likeness (QED) is 0.425. The Labute approximate surface area is 225 Å². The molecular weight excluding hydrogens is 612 g/mol. The van der Waals surface area contributed by atoms with E-state index in [0.29, 0.717) is 21.3 Å². The number of hydrogen-bond donors (Lipinski definition) is 1. The Hall–Kier alpha value is -1.56. The molecule has 0 fully saturated rings. The predicted octanol–water partition coefficient (Wildman–Crippen LogP) is 4.70. The van der Waals surface area contributed by atoms with Crippen LogP contribution in [0.4, 0.5) is 5.69 Å². The second-order valence-electron chi connectivity index (χ2n) is 8.88. The van der Waals surface area contributed by atoms with Crippen molar-refractivity contribution in [2.45, 2.75) is 45.8 Å². The number of hydrogen-bond acceptors (Lipinski definition) is 4. The Morgan fingerprint density at radius 3 is 2.06 bits per heavy atom. The molecule has 11 heteroatoms. The zero-order valence-corrected chi connectivity index (χ0v) is 24.1. The highest BCUT2D eigenvalue weighted by Gasteiger charge is 2.32. The molecule has 1 unspecified atom stereocenters. The Balaban J connectivity index is 2.46. The van der Waals surface area contributed by atoms with Crippen LogP contribution in [0.1, 0.15) is 33.3 Å². The number of sulfonamides is 1. The molecule has 186 valence electrons. The molecule has 0 spiro atoms. The fourth-order valence-electron chi connectivity index (χ4n) is 3.13. The summed E-state index contributed by atoms with van der Waals surface area (Å²) in [5, 5.41) is 3.54. The topological polar surface area (TPSA) is 86.8 Å². The van der Waals surface area contributed by atoms with Gasteiger partial charge in [0.15, 0.2) is 0 Å². The van der Waals surface area contributed by atoms with Crippen molar-refractivity contribution in [3.05, 3.63) is 61.6 Å². The van der Waals surface area contributed by atoms with Gasteiger partial charge in [0.1, 0.15) is 12.6 Å². The van der Waals surface area contributed by atoms with E-state index in [1.54, 1.807) is 49.4 Å². The molecule has 1 N–H and O–H groups in total. The summed E-state index contributed by atoms with van der Waals surface area (Å²) in [5.41, 5.74) is 0.288. The SMILES string of the molecule is CC(C(=O)NC(C)(C)C)N(Cc1c(Cl)cccc1Cl)C(=O)CN(c1ccc(I)cc1)S(C)(=O)=O. The number of carbonyl (C=O) groups is 2. The molecule has 0 saturated carbocycles. The summed E-state index contributed by atoms with van der Waals surface area (Å²) in [7, 11) is -3.79. The molecule has 0 radical (unpaired) electrons. The second-order valence-corrected chi connectivity index (χ2v) is 12.8. The maximum Gasteiger partial charge on any atom is 0.244 e. The minimum Gasteiger partial charge on any atom is -0.350 e. The van der Waals surface area contributed by atoms with Gasteiger partial charge in [-0.15, -0.1) is 0 Å². The van der Waals surface area contributed by atoms with Crippen LogP contribution in [-0.2, 0) is 26.2 Å². The van der Waals surface area contributed by atoms with Crippen LogP contribution >= 0.6 is 45.8 Å². The molecule has 1 atom stereocenters. The molecule has 0 aliphatic carbocycles. The lowest BCUT2D eigenvalue weighted by atomic mass is 10.1. The largest absolute Gasteiger partial charge is 0.350 e. The monoisotopic (exact) mass is 639 g/mol. The van der Waals surface area contributed by atoms with Gasteiger partial charge in [0.2, 0.25) is 21.8 Å². The van der Waals surface area contributed by atoms with Gasteiger partial charge in [-0.2, -0.15) is 0 Å².